The van der Waals surface area contributed by atoms with Gasteiger partial charge in [-0.15, -0.1) is 0 Å². The number of carbonyl (C=O) groups is 4. The van der Waals surface area contributed by atoms with Gasteiger partial charge in [0.2, 0.25) is 6.29 Å². The van der Waals surface area contributed by atoms with Crippen LogP contribution in [0, 0.1) is 6.92 Å². The molecular formula is C36H50O12. The molecule has 1 aromatic carbocycles. The highest BCUT2D eigenvalue weighted by Crippen LogP contribution is 2.33. The van der Waals surface area contributed by atoms with E-state index in [0.29, 0.717) is 29.7 Å². The molecule has 1 aromatic rings. The van der Waals surface area contributed by atoms with Crippen molar-refractivity contribution in [2.45, 2.75) is 125 Å². The summed E-state index contributed by atoms with van der Waals surface area (Å²) in [5.41, 5.74) is 4.35. The Kier molecular flexibility index (Phi) is 15.8. The molecule has 1 heterocycles. The lowest BCUT2D eigenvalue weighted by Crippen LogP contribution is -2.62. The smallest absolute Gasteiger partial charge is 0.303 e. The van der Waals surface area contributed by atoms with Crippen LogP contribution < -0.4 is 4.74 Å². The quantitative estimate of drug-likeness (QED) is 0.144. The number of hydrogen-bond donors (Lipinski definition) is 2. The number of esters is 4. The van der Waals surface area contributed by atoms with Crippen LogP contribution in [0.2, 0.25) is 0 Å². The largest absolute Gasteiger partial charge is 0.508 e. The van der Waals surface area contributed by atoms with Crippen molar-refractivity contribution in [1.29, 1.82) is 0 Å². The zero-order valence-corrected chi connectivity index (χ0v) is 29.4. The molecule has 12 nitrogen and oxygen atoms in total. The summed E-state index contributed by atoms with van der Waals surface area (Å²) in [6.45, 7) is 14.1. The molecular weight excluding hydrogens is 624 g/mol. The van der Waals surface area contributed by atoms with E-state index in [4.69, 9.17) is 28.4 Å². The minimum atomic E-state index is -1.60. The normalized spacial score (nSPS) is 21.8. The number of allylic oxidation sites excluding steroid dienone is 4. The summed E-state index contributed by atoms with van der Waals surface area (Å²) >= 11 is 0. The third-order valence-electron chi connectivity index (χ3n) is 7.35. The molecule has 0 aromatic heterocycles. The molecule has 1 aliphatic heterocycles. The van der Waals surface area contributed by atoms with Crippen molar-refractivity contribution in [3.05, 3.63) is 58.2 Å². The topological polar surface area (TPSA) is 164 Å². The van der Waals surface area contributed by atoms with E-state index in [0.717, 1.165) is 43.4 Å². The summed E-state index contributed by atoms with van der Waals surface area (Å²) in [6, 6.07) is 3.16. The lowest BCUT2D eigenvalue weighted by atomic mass is 9.98. The maximum atomic E-state index is 11.9. The maximum absolute atomic E-state index is 11.9. The Morgan fingerprint density at radius 3 is 2.10 bits per heavy atom. The van der Waals surface area contributed by atoms with Gasteiger partial charge >= 0.3 is 23.9 Å². The number of benzene rings is 1. The molecule has 0 saturated carbocycles. The van der Waals surface area contributed by atoms with Crippen molar-refractivity contribution < 1.29 is 57.8 Å². The number of ether oxygens (including phenoxy) is 6. The Labute approximate surface area is 282 Å². The van der Waals surface area contributed by atoms with Crippen molar-refractivity contribution >= 4 is 23.9 Å². The second kappa shape index (κ2) is 19.0. The summed E-state index contributed by atoms with van der Waals surface area (Å²) < 4.78 is 33.3. The molecule has 1 fully saturated rings. The van der Waals surface area contributed by atoms with Gasteiger partial charge < -0.3 is 38.6 Å². The Morgan fingerprint density at radius 2 is 1.52 bits per heavy atom. The first-order valence-electron chi connectivity index (χ1n) is 15.9. The zero-order valence-electron chi connectivity index (χ0n) is 29.4. The van der Waals surface area contributed by atoms with E-state index in [1.54, 1.807) is 19.1 Å². The van der Waals surface area contributed by atoms with Gasteiger partial charge in [-0.1, -0.05) is 28.9 Å². The fraction of sp³-hybridized carbons (Fsp3) is 0.556. The van der Waals surface area contributed by atoms with E-state index >= 15 is 0 Å². The third kappa shape index (κ3) is 13.5. The molecule has 2 N–H and O–H groups in total. The Hall–Kier alpha value is -4.16. The minimum Gasteiger partial charge on any atom is -0.508 e. The van der Waals surface area contributed by atoms with Crippen molar-refractivity contribution in [2.24, 2.45) is 0 Å². The van der Waals surface area contributed by atoms with E-state index in [9.17, 15) is 29.4 Å². The van der Waals surface area contributed by atoms with Crippen molar-refractivity contribution in [3.63, 3.8) is 0 Å². The molecule has 0 aliphatic carbocycles. The summed E-state index contributed by atoms with van der Waals surface area (Å²) in [7, 11) is 0. The number of aryl methyl sites for hydroxylation is 1. The van der Waals surface area contributed by atoms with Crippen LogP contribution in [0.3, 0.4) is 0 Å². The third-order valence-corrected chi connectivity index (χ3v) is 7.35. The maximum Gasteiger partial charge on any atom is 0.303 e. The number of hydrogen-bond acceptors (Lipinski definition) is 12. The Balaban J connectivity index is 2.25. The van der Waals surface area contributed by atoms with E-state index < -0.39 is 48.6 Å². The lowest BCUT2D eigenvalue weighted by molar-refractivity contribution is -0.285. The monoisotopic (exact) mass is 674 g/mol. The highest BCUT2D eigenvalue weighted by molar-refractivity contribution is 5.68. The molecule has 266 valence electrons. The fourth-order valence-electron chi connectivity index (χ4n) is 5.15. The molecule has 2 rings (SSSR count). The predicted octanol–water partition coefficient (Wildman–Crippen LogP) is 5.10. The van der Waals surface area contributed by atoms with Gasteiger partial charge in [-0.25, -0.2) is 0 Å². The molecule has 6 atom stereocenters. The summed E-state index contributed by atoms with van der Waals surface area (Å²) in [4.78, 5) is 46.9. The molecule has 0 amide bonds. The molecule has 48 heavy (non-hydrogen) atoms. The van der Waals surface area contributed by atoms with Gasteiger partial charge in [-0.05, 0) is 77.7 Å². The lowest BCUT2D eigenvalue weighted by Gasteiger charge is -2.42. The van der Waals surface area contributed by atoms with Crippen LogP contribution in [-0.2, 0) is 49.3 Å². The molecule has 1 saturated heterocycles. The summed E-state index contributed by atoms with van der Waals surface area (Å²) in [5.74, 6) is -2.07. The van der Waals surface area contributed by atoms with Crippen molar-refractivity contribution in [3.8, 4) is 11.5 Å². The van der Waals surface area contributed by atoms with Crippen molar-refractivity contribution in [1.82, 2.24) is 0 Å². The number of aromatic hydroxyl groups is 1. The molecule has 0 spiro atoms. The molecule has 12 heteroatoms. The van der Waals surface area contributed by atoms with Crippen LogP contribution in [0.25, 0.3) is 0 Å². The second-order valence-corrected chi connectivity index (χ2v) is 12.3. The number of aliphatic hydroxyl groups excluding tert-OH is 1. The van der Waals surface area contributed by atoms with E-state index in [1.165, 1.54) is 13.8 Å². The molecule has 0 bridgehead atoms. The van der Waals surface area contributed by atoms with Crippen LogP contribution in [0.15, 0.2) is 47.1 Å². The van der Waals surface area contributed by atoms with Gasteiger partial charge in [-0.2, -0.15) is 0 Å². The van der Waals surface area contributed by atoms with Crippen LogP contribution in [0.1, 0.15) is 85.8 Å². The highest BCUT2D eigenvalue weighted by Gasteiger charge is 2.51. The molecule has 0 radical (unpaired) electrons. The predicted molar refractivity (Wildman–Crippen MR) is 176 cm³/mol. The van der Waals surface area contributed by atoms with Crippen LogP contribution in [-0.4, -0.2) is 77.5 Å². The van der Waals surface area contributed by atoms with Crippen LogP contribution in [0.5, 0.6) is 11.5 Å². The van der Waals surface area contributed by atoms with Gasteiger partial charge in [0, 0.05) is 39.7 Å². The van der Waals surface area contributed by atoms with E-state index in [2.05, 4.69) is 6.08 Å². The minimum absolute atomic E-state index is 0.0474. The standard InChI is InChI=1S/C36H50O12/c1-20(2)15-29(44-25(7)38)16-22(4)12-10-11-21(3)13-14-28-18-30(41)23(5)17-31(28)47-36-33(42)35(46-27(9)40)34(45-26(8)39)32(48-36)19-43-24(6)37/h12-13,15,17-18,29,32-36,41-42H,10-11,14,16,19H2,1-9H3/t29-,32+,33+,34-,35+,36+/m0/s1. The number of carbonyl (C=O) groups excluding carboxylic acids is 4. The van der Waals surface area contributed by atoms with Gasteiger partial charge in [0.15, 0.2) is 18.3 Å². The Morgan fingerprint density at radius 1 is 0.875 bits per heavy atom. The van der Waals surface area contributed by atoms with Crippen LogP contribution >= 0.6 is 0 Å². The van der Waals surface area contributed by atoms with E-state index in [1.807, 2.05) is 39.8 Å². The number of phenols is 1. The van der Waals surface area contributed by atoms with E-state index in [-0.39, 0.29) is 24.4 Å². The number of aliphatic hydroxyl groups is 1. The van der Waals surface area contributed by atoms with Gasteiger partial charge in [0.05, 0.1) is 0 Å². The first kappa shape index (κ1) is 40.0. The average molecular weight is 675 g/mol. The number of rotatable bonds is 15. The highest BCUT2D eigenvalue weighted by atomic mass is 16.7. The first-order chi connectivity index (χ1) is 22.5. The summed E-state index contributed by atoms with van der Waals surface area (Å²) in [5, 5.41) is 21.7. The second-order valence-electron chi connectivity index (χ2n) is 12.3. The number of phenolic OH excluding ortho intramolecular Hbond substituents is 1. The fourth-order valence-corrected chi connectivity index (χ4v) is 5.15. The van der Waals surface area contributed by atoms with Gasteiger partial charge in [0.1, 0.15) is 30.3 Å². The van der Waals surface area contributed by atoms with Crippen LogP contribution in [0.4, 0.5) is 0 Å². The van der Waals surface area contributed by atoms with Gasteiger partial charge in [-0.3, -0.25) is 19.2 Å². The Bertz CT molecular complexity index is 1390. The summed E-state index contributed by atoms with van der Waals surface area (Å²) in [6.07, 6.45) is 1.42. The first-order valence-corrected chi connectivity index (χ1v) is 15.9. The SMILES string of the molecule is CC(=O)OC[C@H]1O[C@@H](Oc2cc(C)c(O)cc2CC=C(C)CCC=C(C)C[C@H](C=C(C)C)OC(C)=O)[C@H](O)[C@@H](OC(C)=O)[C@H]1OC(C)=O. The van der Waals surface area contributed by atoms with Gasteiger partial charge in [0.25, 0.3) is 0 Å². The van der Waals surface area contributed by atoms with Crippen molar-refractivity contribution in [2.75, 3.05) is 6.61 Å². The molecule has 1 aliphatic rings. The average Bonchev–Trinajstić information content (AvgIpc) is 2.95. The zero-order chi connectivity index (χ0) is 36.1. The molecule has 0 unspecified atom stereocenters.